The van der Waals surface area contributed by atoms with Gasteiger partial charge in [0.2, 0.25) is 11.8 Å². The Hall–Kier alpha value is -2.36. The van der Waals surface area contributed by atoms with E-state index in [9.17, 15) is 17.6 Å². The monoisotopic (exact) mass is 619 g/mol. The second-order valence-corrected chi connectivity index (χ2v) is 11.5. The van der Waals surface area contributed by atoms with Crippen molar-refractivity contribution in [2.24, 2.45) is 0 Å². The van der Waals surface area contributed by atoms with Crippen molar-refractivity contribution in [3.63, 3.8) is 0 Å². The predicted octanol–water partition coefficient (Wildman–Crippen LogP) is 10.4. The van der Waals surface area contributed by atoms with Crippen molar-refractivity contribution in [1.82, 2.24) is 4.98 Å². The van der Waals surface area contributed by atoms with Crippen LogP contribution in [0.4, 0.5) is 30.7 Å². The molecule has 1 heterocycles. The fraction of sp³-hybridized carbons (Fsp3) is 0.667. The number of unbranched alkanes of at least 4 members (excludes halogenated alkanes) is 8. The lowest BCUT2D eigenvalue weighted by Gasteiger charge is -2.33. The van der Waals surface area contributed by atoms with Crippen LogP contribution < -0.4 is 4.74 Å². The largest absolute Gasteiger partial charge is 0.487 e. The molecule has 10 heteroatoms. The molecular formula is C33H44F7NO2. The van der Waals surface area contributed by atoms with Gasteiger partial charge in [-0.3, -0.25) is 0 Å². The summed E-state index contributed by atoms with van der Waals surface area (Å²) in [5, 5.41) is 0. The molecule has 1 aliphatic carbocycles. The molecule has 0 saturated carbocycles. The van der Waals surface area contributed by atoms with Gasteiger partial charge in [-0.15, -0.1) is 0 Å². The molecular weight excluding hydrogens is 575 g/mol. The van der Waals surface area contributed by atoms with Crippen LogP contribution in [-0.4, -0.2) is 36.6 Å². The standard InChI is InChI=1S/C33H44F7NO2/c1-3-5-7-9-10-12-14-23(34)20-42-27-17-16-25(30(36)31(27)37)26-19-22-15-18-28(33(39,40)29(22)32(38)41-26)43-21-24(35)13-11-8-6-4-2/h16-17,19,23-24,28H,3-15,18,20-21H2,1-2H3. The van der Waals surface area contributed by atoms with Crippen LogP contribution in [0, 0.1) is 17.6 Å². The van der Waals surface area contributed by atoms with E-state index in [2.05, 4.69) is 11.9 Å². The van der Waals surface area contributed by atoms with Gasteiger partial charge in [0.1, 0.15) is 25.1 Å². The van der Waals surface area contributed by atoms with Gasteiger partial charge in [-0.25, -0.2) is 18.2 Å². The van der Waals surface area contributed by atoms with Crippen LogP contribution in [0.3, 0.4) is 0 Å². The number of rotatable bonds is 19. The molecule has 0 bridgehead atoms. The Morgan fingerprint density at radius 2 is 1.44 bits per heavy atom. The van der Waals surface area contributed by atoms with Crippen molar-refractivity contribution in [2.75, 3.05) is 13.2 Å². The first-order valence-electron chi connectivity index (χ1n) is 15.7. The zero-order chi connectivity index (χ0) is 31.4. The number of fused-ring (bicyclic) bond motifs is 1. The summed E-state index contributed by atoms with van der Waals surface area (Å²) in [6.45, 7) is 3.17. The van der Waals surface area contributed by atoms with Crippen molar-refractivity contribution in [3.05, 3.63) is 46.9 Å². The Morgan fingerprint density at radius 1 is 0.837 bits per heavy atom. The topological polar surface area (TPSA) is 31.4 Å². The van der Waals surface area contributed by atoms with Crippen molar-refractivity contribution >= 4 is 0 Å². The third-order valence-electron chi connectivity index (χ3n) is 7.93. The van der Waals surface area contributed by atoms with E-state index in [0.29, 0.717) is 12.8 Å². The van der Waals surface area contributed by atoms with Crippen molar-refractivity contribution in [2.45, 2.75) is 128 Å². The minimum absolute atomic E-state index is 0.0444. The molecule has 3 rings (SSSR count). The highest BCUT2D eigenvalue weighted by molar-refractivity contribution is 5.63. The van der Waals surface area contributed by atoms with E-state index in [0.717, 1.165) is 69.6 Å². The van der Waals surface area contributed by atoms with Crippen molar-refractivity contribution in [1.29, 1.82) is 0 Å². The Kier molecular flexibility index (Phi) is 14.1. The van der Waals surface area contributed by atoms with E-state index in [1.165, 1.54) is 0 Å². The Morgan fingerprint density at radius 3 is 2.12 bits per heavy atom. The first-order chi connectivity index (χ1) is 20.6. The average Bonchev–Trinajstić information content (AvgIpc) is 2.97. The van der Waals surface area contributed by atoms with Crippen LogP contribution in [0.15, 0.2) is 18.2 Å². The normalized spacial score (nSPS) is 17.5. The third kappa shape index (κ3) is 9.82. The smallest absolute Gasteiger partial charge is 0.303 e. The lowest BCUT2D eigenvalue weighted by Crippen LogP contribution is -2.40. The summed E-state index contributed by atoms with van der Waals surface area (Å²) in [7, 11) is 0. The summed E-state index contributed by atoms with van der Waals surface area (Å²) in [4.78, 5) is 3.52. The molecule has 0 radical (unpaired) electrons. The van der Waals surface area contributed by atoms with Gasteiger partial charge in [0, 0.05) is 5.56 Å². The van der Waals surface area contributed by atoms with E-state index in [1.807, 2.05) is 6.92 Å². The van der Waals surface area contributed by atoms with Crippen molar-refractivity contribution in [3.8, 4) is 17.0 Å². The van der Waals surface area contributed by atoms with Crippen LogP contribution in [0.5, 0.6) is 5.75 Å². The molecule has 0 fully saturated rings. The van der Waals surface area contributed by atoms with Crippen LogP contribution >= 0.6 is 0 Å². The minimum Gasteiger partial charge on any atom is -0.487 e. The molecule has 3 nitrogen and oxygen atoms in total. The predicted molar refractivity (Wildman–Crippen MR) is 154 cm³/mol. The van der Waals surface area contributed by atoms with Gasteiger partial charge in [0.25, 0.3) is 0 Å². The Bertz CT molecular complexity index is 1150. The maximum Gasteiger partial charge on any atom is 0.303 e. The molecule has 0 amide bonds. The Labute approximate surface area is 250 Å². The lowest BCUT2D eigenvalue weighted by atomic mass is 9.86. The molecule has 3 atom stereocenters. The Balaban J connectivity index is 1.63. The number of aromatic nitrogens is 1. The molecule has 0 aliphatic heterocycles. The fourth-order valence-electron chi connectivity index (χ4n) is 5.41. The zero-order valence-electron chi connectivity index (χ0n) is 25.2. The van der Waals surface area contributed by atoms with E-state index in [4.69, 9.17) is 9.47 Å². The molecule has 1 aromatic heterocycles. The summed E-state index contributed by atoms with van der Waals surface area (Å²) in [5.74, 6) is -8.64. The molecule has 3 unspecified atom stereocenters. The lowest BCUT2D eigenvalue weighted by molar-refractivity contribution is -0.160. The van der Waals surface area contributed by atoms with Crippen LogP contribution in [0.1, 0.15) is 108 Å². The fourth-order valence-corrected chi connectivity index (χ4v) is 5.41. The second kappa shape index (κ2) is 17.2. The maximum absolute atomic E-state index is 15.2. The highest BCUT2D eigenvalue weighted by atomic mass is 19.3. The first kappa shape index (κ1) is 35.1. The summed E-state index contributed by atoms with van der Waals surface area (Å²) in [5.41, 5.74) is -1.90. The van der Waals surface area contributed by atoms with E-state index in [-0.39, 0.29) is 36.9 Å². The van der Waals surface area contributed by atoms with Gasteiger partial charge >= 0.3 is 5.92 Å². The van der Waals surface area contributed by atoms with E-state index >= 15 is 13.2 Å². The minimum atomic E-state index is -3.79. The molecule has 0 saturated heterocycles. The first-order valence-corrected chi connectivity index (χ1v) is 15.7. The number of aryl methyl sites for hydroxylation is 1. The number of hydrogen-bond acceptors (Lipinski definition) is 3. The third-order valence-corrected chi connectivity index (χ3v) is 7.93. The number of pyridine rings is 1. The molecule has 0 N–H and O–H groups in total. The number of benzene rings is 1. The molecule has 2 aromatic rings. The number of ether oxygens (including phenoxy) is 2. The van der Waals surface area contributed by atoms with E-state index in [1.54, 1.807) is 0 Å². The van der Waals surface area contributed by atoms with Gasteiger partial charge in [0.05, 0.1) is 17.9 Å². The highest BCUT2D eigenvalue weighted by Gasteiger charge is 2.49. The average molecular weight is 620 g/mol. The van der Waals surface area contributed by atoms with Gasteiger partial charge in [0.15, 0.2) is 11.6 Å². The van der Waals surface area contributed by atoms with Gasteiger partial charge in [-0.2, -0.15) is 17.6 Å². The highest BCUT2D eigenvalue weighted by Crippen LogP contribution is 2.44. The zero-order valence-corrected chi connectivity index (χ0v) is 25.2. The van der Waals surface area contributed by atoms with Gasteiger partial charge in [-0.05, 0) is 49.4 Å². The molecule has 1 aliphatic rings. The number of hydrogen-bond donors (Lipinski definition) is 0. The summed E-state index contributed by atoms with van der Waals surface area (Å²) < 4.78 is 114. The van der Waals surface area contributed by atoms with Gasteiger partial charge < -0.3 is 9.47 Å². The molecule has 242 valence electrons. The number of alkyl halides is 4. The van der Waals surface area contributed by atoms with Crippen LogP contribution in [-0.2, 0) is 17.1 Å². The second-order valence-electron chi connectivity index (χ2n) is 11.5. The SMILES string of the molecule is CCCCCCCCC(F)COc1ccc(-c2cc3c(c(F)n2)C(F)(F)C(OCC(F)CCCCCC)CC3)c(F)c1F. The van der Waals surface area contributed by atoms with E-state index < -0.39 is 72.0 Å². The summed E-state index contributed by atoms with van der Waals surface area (Å²) in [6, 6.07) is 3.28. The number of nitrogens with zero attached hydrogens (tertiary/aromatic N) is 1. The van der Waals surface area contributed by atoms with Gasteiger partial charge in [-0.1, -0.05) is 78.1 Å². The van der Waals surface area contributed by atoms with Crippen LogP contribution in [0.25, 0.3) is 11.3 Å². The van der Waals surface area contributed by atoms with Crippen LogP contribution in [0.2, 0.25) is 0 Å². The number of halogens is 7. The molecule has 43 heavy (non-hydrogen) atoms. The quantitative estimate of drug-likeness (QED) is 0.0891. The summed E-state index contributed by atoms with van der Waals surface area (Å²) >= 11 is 0. The van der Waals surface area contributed by atoms with Crippen molar-refractivity contribution < 1.29 is 40.2 Å². The molecule has 1 aromatic carbocycles. The maximum atomic E-state index is 15.2. The summed E-state index contributed by atoms with van der Waals surface area (Å²) in [6.07, 6.45) is 5.07. The molecule has 0 spiro atoms.